The average Bonchev–Trinajstić information content (AvgIpc) is 2.66. The topological polar surface area (TPSA) is 58.6 Å². The SMILES string of the molecule is C[C@H](c1ccccc1)N(C[C@@H]1CC[C@@H](I)[C@H](NC(=O)C(F)(F)F)O1)C(=O)C(F)(F)F. The first-order chi connectivity index (χ1) is 13.8. The summed E-state index contributed by atoms with van der Waals surface area (Å²) in [5.41, 5.74) is 0.458. The lowest BCUT2D eigenvalue weighted by molar-refractivity contribution is -0.192. The summed E-state index contributed by atoms with van der Waals surface area (Å²) in [5.74, 6) is -4.27. The summed E-state index contributed by atoms with van der Waals surface area (Å²) in [7, 11) is 0. The van der Waals surface area contributed by atoms with Crippen LogP contribution in [0.3, 0.4) is 0 Å². The molecule has 0 aliphatic carbocycles. The van der Waals surface area contributed by atoms with Gasteiger partial charge in [0.2, 0.25) is 0 Å². The van der Waals surface area contributed by atoms with Crippen molar-refractivity contribution in [2.75, 3.05) is 6.54 Å². The van der Waals surface area contributed by atoms with Crippen LogP contribution in [0.15, 0.2) is 30.3 Å². The van der Waals surface area contributed by atoms with Crippen LogP contribution in [0.4, 0.5) is 26.3 Å². The third-order valence-electron chi connectivity index (χ3n) is 4.62. The molecule has 0 aromatic heterocycles. The number of carbonyl (C=O) groups is 2. The van der Waals surface area contributed by atoms with Crippen LogP contribution in [0.25, 0.3) is 0 Å². The Bertz CT molecular complexity index is 744. The van der Waals surface area contributed by atoms with Gasteiger partial charge in [0.1, 0.15) is 6.23 Å². The van der Waals surface area contributed by atoms with E-state index in [1.54, 1.807) is 58.2 Å². The summed E-state index contributed by atoms with van der Waals surface area (Å²) in [6.45, 7) is 0.933. The maximum Gasteiger partial charge on any atom is 0.471 e. The maximum absolute atomic E-state index is 13.2. The van der Waals surface area contributed by atoms with Gasteiger partial charge in [0, 0.05) is 6.54 Å². The molecule has 4 atom stereocenters. The number of hydrogen-bond donors (Lipinski definition) is 1. The van der Waals surface area contributed by atoms with Crippen molar-refractivity contribution in [1.82, 2.24) is 10.2 Å². The van der Waals surface area contributed by atoms with Crippen LogP contribution in [0.1, 0.15) is 31.4 Å². The van der Waals surface area contributed by atoms with Crippen molar-refractivity contribution in [2.45, 2.75) is 54.4 Å². The normalized spacial score (nSPS) is 23.5. The molecular weight excluding hydrogens is 533 g/mol. The number of hydrogen-bond acceptors (Lipinski definition) is 3. The van der Waals surface area contributed by atoms with Gasteiger partial charge in [-0.15, -0.1) is 0 Å². The van der Waals surface area contributed by atoms with Crippen molar-refractivity contribution in [3.8, 4) is 0 Å². The molecule has 1 aromatic carbocycles. The van der Waals surface area contributed by atoms with Gasteiger partial charge in [-0.25, -0.2) is 0 Å². The number of nitrogens with one attached hydrogen (secondary N) is 1. The van der Waals surface area contributed by atoms with Crippen molar-refractivity contribution in [1.29, 1.82) is 0 Å². The number of halogens is 7. The highest BCUT2D eigenvalue weighted by molar-refractivity contribution is 14.1. The monoisotopic (exact) mass is 552 g/mol. The molecule has 0 radical (unpaired) electrons. The first-order valence-electron chi connectivity index (χ1n) is 8.90. The van der Waals surface area contributed by atoms with Gasteiger partial charge >= 0.3 is 24.2 Å². The zero-order chi connectivity index (χ0) is 22.7. The lowest BCUT2D eigenvalue weighted by atomic mass is 10.0. The van der Waals surface area contributed by atoms with Gasteiger partial charge in [0.05, 0.1) is 16.1 Å². The largest absolute Gasteiger partial charge is 0.471 e. The highest BCUT2D eigenvalue weighted by Gasteiger charge is 2.46. The number of ether oxygens (including phenoxy) is 1. The Morgan fingerprint density at radius 3 is 2.27 bits per heavy atom. The number of alkyl halides is 7. The third-order valence-corrected chi connectivity index (χ3v) is 5.89. The van der Waals surface area contributed by atoms with E-state index in [4.69, 9.17) is 4.74 Å². The summed E-state index contributed by atoms with van der Waals surface area (Å²) >= 11 is 1.81. The smallest absolute Gasteiger partial charge is 0.352 e. The van der Waals surface area contributed by atoms with Crippen LogP contribution in [-0.4, -0.2) is 51.9 Å². The van der Waals surface area contributed by atoms with E-state index in [0.717, 1.165) is 0 Å². The lowest BCUT2D eigenvalue weighted by Gasteiger charge is -2.38. The molecule has 0 saturated carbocycles. The van der Waals surface area contributed by atoms with Crippen molar-refractivity contribution >= 4 is 34.4 Å². The van der Waals surface area contributed by atoms with E-state index >= 15 is 0 Å². The first kappa shape index (κ1) is 24.7. The van der Waals surface area contributed by atoms with E-state index in [-0.39, 0.29) is 6.42 Å². The standard InChI is InChI=1S/C18H19F6IN2O3/c1-10(11-5-3-2-4-6-11)27(16(29)18(22,23)24)9-12-7-8-13(25)14(30-12)26-15(28)17(19,20)21/h2-6,10,12-14H,7-9H2,1H3,(H,26,28)/t10-,12+,13-,14-/m1/s1. The molecule has 1 aromatic rings. The fourth-order valence-electron chi connectivity index (χ4n) is 3.04. The van der Waals surface area contributed by atoms with E-state index < -0.39 is 53.0 Å². The van der Waals surface area contributed by atoms with E-state index in [2.05, 4.69) is 0 Å². The number of carbonyl (C=O) groups excluding carboxylic acids is 2. The lowest BCUT2D eigenvalue weighted by Crippen LogP contribution is -2.54. The molecule has 2 amide bonds. The Labute approximate surface area is 182 Å². The second-order valence-electron chi connectivity index (χ2n) is 6.79. The van der Waals surface area contributed by atoms with Gasteiger partial charge in [0.15, 0.2) is 0 Å². The quantitative estimate of drug-likeness (QED) is 0.340. The highest BCUT2D eigenvalue weighted by atomic mass is 127. The summed E-state index contributed by atoms with van der Waals surface area (Å²) in [6.07, 6.45) is -12.1. The Morgan fingerprint density at radius 1 is 1.13 bits per heavy atom. The van der Waals surface area contributed by atoms with Gasteiger partial charge in [0.25, 0.3) is 0 Å². The molecule has 168 valence electrons. The number of nitrogens with zero attached hydrogens (tertiary/aromatic N) is 1. The summed E-state index contributed by atoms with van der Waals surface area (Å²) in [6, 6.07) is 7.08. The summed E-state index contributed by atoms with van der Waals surface area (Å²) in [5, 5.41) is 1.71. The zero-order valence-corrected chi connectivity index (χ0v) is 17.8. The van der Waals surface area contributed by atoms with Gasteiger partial charge in [-0.1, -0.05) is 52.9 Å². The molecular formula is C18H19F6IN2O3. The van der Waals surface area contributed by atoms with Crippen LogP contribution in [0.2, 0.25) is 0 Å². The van der Waals surface area contributed by atoms with Crippen molar-refractivity contribution in [3.63, 3.8) is 0 Å². The molecule has 30 heavy (non-hydrogen) atoms. The Morgan fingerprint density at radius 2 is 1.73 bits per heavy atom. The van der Waals surface area contributed by atoms with Crippen LogP contribution in [-0.2, 0) is 14.3 Å². The first-order valence-corrected chi connectivity index (χ1v) is 10.1. The molecule has 2 rings (SSSR count). The fourth-order valence-corrected chi connectivity index (χ4v) is 3.75. The van der Waals surface area contributed by atoms with Crippen LogP contribution in [0, 0.1) is 0 Å². The van der Waals surface area contributed by atoms with E-state index in [1.807, 2.05) is 0 Å². The number of amides is 2. The average molecular weight is 552 g/mol. The molecule has 1 saturated heterocycles. The molecule has 5 nitrogen and oxygen atoms in total. The predicted octanol–water partition coefficient (Wildman–Crippen LogP) is 4.13. The van der Waals surface area contributed by atoms with Crippen LogP contribution < -0.4 is 5.32 Å². The summed E-state index contributed by atoms with van der Waals surface area (Å²) < 4.78 is 82.0. The van der Waals surface area contributed by atoms with Crippen LogP contribution in [0.5, 0.6) is 0 Å². The van der Waals surface area contributed by atoms with Crippen molar-refractivity contribution in [2.24, 2.45) is 0 Å². The Balaban J connectivity index is 2.18. The minimum Gasteiger partial charge on any atom is -0.352 e. The van der Waals surface area contributed by atoms with Crippen molar-refractivity contribution in [3.05, 3.63) is 35.9 Å². The molecule has 0 spiro atoms. The molecule has 1 heterocycles. The maximum atomic E-state index is 13.2. The molecule has 1 aliphatic rings. The van der Waals surface area contributed by atoms with E-state index in [9.17, 15) is 35.9 Å². The van der Waals surface area contributed by atoms with Crippen molar-refractivity contribution < 1.29 is 40.7 Å². The second kappa shape index (κ2) is 9.71. The predicted molar refractivity (Wildman–Crippen MR) is 103 cm³/mol. The van der Waals surface area contributed by atoms with Gasteiger partial charge in [-0.2, -0.15) is 26.3 Å². The highest BCUT2D eigenvalue weighted by Crippen LogP contribution is 2.31. The molecule has 1 aliphatic heterocycles. The fraction of sp³-hybridized carbons (Fsp3) is 0.556. The molecule has 1 fully saturated rings. The van der Waals surface area contributed by atoms with Gasteiger partial charge in [-0.3, -0.25) is 9.59 Å². The number of rotatable bonds is 5. The zero-order valence-electron chi connectivity index (χ0n) is 15.6. The van der Waals surface area contributed by atoms with Gasteiger partial charge in [-0.05, 0) is 25.3 Å². The van der Waals surface area contributed by atoms with E-state index in [0.29, 0.717) is 16.9 Å². The Hall–Kier alpha value is -1.57. The Kier molecular flexibility index (Phi) is 7.99. The van der Waals surface area contributed by atoms with Crippen LogP contribution >= 0.6 is 22.6 Å². The third kappa shape index (κ3) is 6.46. The molecule has 0 unspecified atom stereocenters. The minimum absolute atomic E-state index is 0.217. The van der Waals surface area contributed by atoms with Gasteiger partial charge < -0.3 is 15.0 Å². The molecule has 12 heteroatoms. The van der Waals surface area contributed by atoms with E-state index in [1.165, 1.54) is 6.92 Å². The second-order valence-corrected chi connectivity index (χ2v) is 8.39. The molecule has 1 N–H and O–H groups in total. The summed E-state index contributed by atoms with van der Waals surface area (Å²) in [4.78, 5) is 23.8. The number of benzene rings is 1. The molecule has 0 bridgehead atoms. The minimum atomic E-state index is -5.13.